The summed E-state index contributed by atoms with van der Waals surface area (Å²) in [4.78, 5) is 23.4. The van der Waals surface area contributed by atoms with Crippen LogP contribution in [0.4, 0.5) is 11.4 Å². The van der Waals surface area contributed by atoms with Crippen LogP contribution in [0.25, 0.3) is 0 Å². The molecule has 0 aliphatic carbocycles. The van der Waals surface area contributed by atoms with Crippen molar-refractivity contribution >= 4 is 23.2 Å². The van der Waals surface area contributed by atoms with E-state index in [1.807, 2.05) is 0 Å². The number of anilines is 2. The van der Waals surface area contributed by atoms with Crippen molar-refractivity contribution in [2.24, 2.45) is 0 Å². The zero-order valence-corrected chi connectivity index (χ0v) is 12.7. The molecular formula is C15H18N4O3. The van der Waals surface area contributed by atoms with Crippen molar-refractivity contribution in [2.75, 3.05) is 17.7 Å². The van der Waals surface area contributed by atoms with Crippen LogP contribution in [0.3, 0.4) is 0 Å². The largest absolute Gasteiger partial charge is 0.495 e. The van der Waals surface area contributed by atoms with Crippen LogP contribution in [0.5, 0.6) is 5.75 Å². The number of rotatable bonds is 5. The van der Waals surface area contributed by atoms with E-state index in [0.29, 0.717) is 17.1 Å². The molecule has 1 atom stereocenters. The van der Waals surface area contributed by atoms with Crippen LogP contribution in [0.1, 0.15) is 19.9 Å². The second-order valence-corrected chi connectivity index (χ2v) is 4.75. The van der Waals surface area contributed by atoms with Crippen molar-refractivity contribution in [1.29, 1.82) is 0 Å². The third-order valence-electron chi connectivity index (χ3n) is 3.08. The van der Waals surface area contributed by atoms with Gasteiger partial charge in [0.15, 0.2) is 0 Å². The Morgan fingerprint density at radius 3 is 2.68 bits per heavy atom. The highest BCUT2D eigenvalue weighted by molar-refractivity contribution is 5.96. The van der Waals surface area contributed by atoms with Gasteiger partial charge < -0.3 is 15.4 Å². The second-order valence-electron chi connectivity index (χ2n) is 4.75. The standard InChI is InChI=1S/C15H18N4O3/c1-10(19-8-4-7-16-19)15(21)18-13-9-12(17-11(2)20)5-6-14(13)22-3/h4-10H,1-3H3,(H,17,20)(H,18,21). The van der Waals surface area contributed by atoms with E-state index in [2.05, 4.69) is 15.7 Å². The number of carbonyl (C=O) groups excluding carboxylic acids is 2. The summed E-state index contributed by atoms with van der Waals surface area (Å²) in [5, 5.41) is 9.50. The SMILES string of the molecule is COc1ccc(NC(C)=O)cc1NC(=O)C(C)n1cccn1. The van der Waals surface area contributed by atoms with Gasteiger partial charge in [0.25, 0.3) is 0 Å². The van der Waals surface area contributed by atoms with Gasteiger partial charge in [0.1, 0.15) is 11.8 Å². The van der Waals surface area contributed by atoms with E-state index in [-0.39, 0.29) is 11.8 Å². The smallest absolute Gasteiger partial charge is 0.249 e. The number of nitrogens with one attached hydrogen (secondary N) is 2. The van der Waals surface area contributed by atoms with Crippen molar-refractivity contribution < 1.29 is 14.3 Å². The van der Waals surface area contributed by atoms with Crippen molar-refractivity contribution in [1.82, 2.24) is 9.78 Å². The highest BCUT2D eigenvalue weighted by Gasteiger charge is 2.17. The van der Waals surface area contributed by atoms with Crippen molar-refractivity contribution in [3.63, 3.8) is 0 Å². The lowest BCUT2D eigenvalue weighted by Crippen LogP contribution is -2.24. The van der Waals surface area contributed by atoms with Crippen molar-refractivity contribution in [2.45, 2.75) is 19.9 Å². The summed E-state index contributed by atoms with van der Waals surface area (Å²) in [6.07, 6.45) is 3.33. The molecule has 0 spiro atoms. The molecule has 1 aromatic heterocycles. The van der Waals surface area contributed by atoms with Crippen molar-refractivity contribution in [3.8, 4) is 5.75 Å². The fourth-order valence-electron chi connectivity index (χ4n) is 1.95. The topological polar surface area (TPSA) is 85.3 Å². The zero-order valence-electron chi connectivity index (χ0n) is 12.7. The molecule has 0 aliphatic heterocycles. The van der Waals surface area contributed by atoms with Gasteiger partial charge in [-0.05, 0) is 31.2 Å². The quantitative estimate of drug-likeness (QED) is 0.885. The van der Waals surface area contributed by atoms with Gasteiger partial charge >= 0.3 is 0 Å². The van der Waals surface area contributed by atoms with Crippen LogP contribution in [-0.2, 0) is 9.59 Å². The molecule has 0 radical (unpaired) electrons. The Morgan fingerprint density at radius 1 is 1.32 bits per heavy atom. The molecule has 2 amide bonds. The van der Waals surface area contributed by atoms with Gasteiger partial charge in [-0.1, -0.05) is 0 Å². The van der Waals surface area contributed by atoms with Gasteiger partial charge in [0.05, 0.1) is 12.8 Å². The Bertz CT molecular complexity index is 667. The number of hydrogen-bond donors (Lipinski definition) is 2. The molecule has 1 aromatic carbocycles. The highest BCUT2D eigenvalue weighted by Crippen LogP contribution is 2.28. The normalized spacial score (nSPS) is 11.6. The number of carbonyl (C=O) groups is 2. The first-order valence-electron chi connectivity index (χ1n) is 6.77. The lowest BCUT2D eigenvalue weighted by atomic mass is 10.2. The van der Waals surface area contributed by atoms with Crippen LogP contribution in [0, 0.1) is 0 Å². The maximum Gasteiger partial charge on any atom is 0.249 e. The predicted octanol–water partition coefficient (Wildman–Crippen LogP) is 2.05. The molecule has 0 aliphatic rings. The van der Waals surface area contributed by atoms with Crippen molar-refractivity contribution in [3.05, 3.63) is 36.7 Å². The van der Waals surface area contributed by atoms with Crippen LogP contribution >= 0.6 is 0 Å². The molecule has 2 aromatic rings. The first-order chi connectivity index (χ1) is 10.5. The predicted molar refractivity (Wildman–Crippen MR) is 82.9 cm³/mol. The van der Waals surface area contributed by atoms with E-state index in [0.717, 1.165) is 0 Å². The van der Waals surface area contributed by atoms with E-state index >= 15 is 0 Å². The molecule has 7 nitrogen and oxygen atoms in total. The van der Waals surface area contributed by atoms with Crippen LogP contribution in [0.15, 0.2) is 36.7 Å². The number of ether oxygens (including phenoxy) is 1. The fraction of sp³-hybridized carbons (Fsp3) is 0.267. The van der Waals surface area contributed by atoms with Crippen LogP contribution in [0.2, 0.25) is 0 Å². The summed E-state index contributed by atoms with van der Waals surface area (Å²) in [5.74, 6) is 0.0874. The first kappa shape index (κ1) is 15.6. The monoisotopic (exact) mass is 302 g/mol. The highest BCUT2D eigenvalue weighted by atomic mass is 16.5. The minimum Gasteiger partial charge on any atom is -0.495 e. The summed E-state index contributed by atoms with van der Waals surface area (Å²) in [6, 6.07) is 6.31. The number of nitrogens with zero attached hydrogens (tertiary/aromatic N) is 2. The molecule has 7 heteroatoms. The summed E-state index contributed by atoms with van der Waals surface area (Å²) in [5.41, 5.74) is 1.06. The van der Waals surface area contributed by atoms with Gasteiger partial charge in [-0.3, -0.25) is 14.3 Å². The summed E-state index contributed by atoms with van der Waals surface area (Å²) in [6.45, 7) is 3.16. The Labute approximate surface area is 128 Å². The van der Waals surface area contributed by atoms with E-state index < -0.39 is 6.04 Å². The maximum absolute atomic E-state index is 12.3. The molecule has 0 bridgehead atoms. The lowest BCUT2D eigenvalue weighted by molar-refractivity contribution is -0.119. The number of amides is 2. The molecular weight excluding hydrogens is 284 g/mol. The first-order valence-corrected chi connectivity index (χ1v) is 6.77. The molecule has 22 heavy (non-hydrogen) atoms. The van der Waals surface area contributed by atoms with Crippen LogP contribution in [-0.4, -0.2) is 28.7 Å². The summed E-state index contributed by atoms with van der Waals surface area (Å²) in [7, 11) is 1.51. The average molecular weight is 302 g/mol. The van der Waals surface area contributed by atoms with E-state index in [1.54, 1.807) is 48.3 Å². The third-order valence-corrected chi connectivity index (χ3v) is 3.08. The Kier molecular flexibility index (Phi) is 4.77. The molecule has 116 valence electrons. The van der Waals surface area contributed by atoms with E-state index in [1.165, 1.54) is 14.0 Å². The maximum atomic E-state index is 12.3. The molecule has 2 N–H and O–H groups in total. The number of benzene rings is 1. The molecule has 0 fully saturated rings. The Hall–Kier alpha value is -2.83. The van der Waals surface area contributed by atoms with E-state index in [9.17, 15) is 9.59 Å². The molecule has 2 rings (SSSR count). The van der Waals surface area contributed by atoms with Gasteiger partial charge in [0.2, 0.25) is 11.8 Å². The molecule has 0 saturated heterocycles. The van der Waals surface area contributed by atoms with Gasteiger partial charge in [-0.15, -0.1) is 0 Å². The van der Waals surface area contributed by atoms with Gasteiger partial charge in [0, 0.05) is 25.0 Å². The number of hydrogen-bond acceptors (Lipinski definition) is 4. The Morgan fingerprint density at radius 2 is 2.09 bits per heavy atom. The third kappa shape index (κ3) is 3.63. The minimum atomic E-state index is -0.468. The summed E-state index contributed by atoms with van der Waals surface area (Å²) >= 11 is 0. The van der Waals surface area contributed by atoms with Gasteiger partial charge in [-0.25, -0.2) is 0 Å². The fourth-order valence-corrected chi connectivity index (χ4v) is 1.95. The molecule has 1 heterocycles. The molecule has 0 saturated carbocycles. The van der Waals surface area contributed by atoms with Crippen LogP contribution < -0.4 is 15.4 Å². The average Bonchev–Trinajstić information content (AvgIpc) is 3.00. The molecule has 1 unspecified atom stereocenters. The van der Waals surface area contributed by atoms with E-state index in [4.69, 9.17) is 4.74 Å². The second kappa shape index (κ2) is 6.75. The lowest BCUT2D eigenvalue weighted by Gasteiger charge is -2.15. The Balaban J connectivity index is 2.19. The van der Waals surface area contributed by atoms with Gasteiger partial charge in [-0.2, -0.15) is 5.10 Å². The number of aromatic nitrogens is 2. The number of methoxy groups -OCH3 is 1. The zero-order chi connectivity index (χ0) is 16.1. The minimum absolute atomic E-state index is 0.188. The summed E-state index contributed by atoms with van der Waals surface area (Å²) < 4.78 is 6.78.